The number of nitrogens with one attached hydrogen (secondary N) is 3. The lowest BCUT2D eigenvalue weighted by molar-refractivity contribution is -0.143. The van der Waals surface area contributed by atoms with Crippen LogP contribution in [0.2, 0.25) is 0 Å². The van der Waals surface area contributed by atoms with Crippen molar-refractivity contribution >= 4 is 29.5 Å². The molecule has 0 radical (unpaired) electrons. The molecule has 5 N–H and O–H groups in total. The van der Waals surface area contributed by atoms with Gasteiger partial charge in [-0.3, -0.25) is 24.1 Å². The molecule has 12 heteroatoms. The van der Waals surface area contributed by atoms with Gasteiger partial charge in [-0.15, -0.1) is 0 Å². The van der Waals surface area contributed by atoms with Gasteiger partial charge in [0.2, 0.25) is 17.6 Å². The maximum absolute atomic E-state index is 15.0. The smallest absolute Gasteiger partial charge is 0.315 e. The number of morpholine rings is 1. The Bertz CT molecular complexity index is 1460. The van der Waals surface area contributed by atoms with E-state index in [0.29, 0.717) is 31.9 Å². The first-order valence-corrected chi connectivity index (χ1v) is 20.9. The number of primary amides is 1. The molecule has 3 spiro atoms. The van der Waals surface area contributed by atoms with Gasteiger partial charge in [0.15, 0.2) is 0 Å². The zero-order valence-electron chi connectivity index (χ0n) is 33.0. The van der Waals surface area contributed by atoms with Gasteiger partial charge in [0, 0.05) is 37.6 Å². The van der Waals surface area contributed by atoms with Crippen molar-refractivity contribution in [3.63, 3.8) is 0 Å². The third kappa shape index (κ3) is 7.02. The van der Waals surface area contributed by atoms with Crippen LogP contribution in [0.1, 0.15) is 131 Å². The number of ether oxygens (including phenoxy) is 1. The maximum atomic E-state index is 15.0. The molecule has 2 heterocycles. The number of carbonyl (C=O) groups is 5. The summed E-state index contributed by atoms with van der Waals surface area (Å²) in [4.78, 5) is 72.6. The van der Waals surface area contributed by atoms with Gasteiger partial charge in [-0.2, -0.15) is 0 Å². The molecule has 7 fully saturated rings. The Morgan fingerprint density at radius 2 is 1.55 bits per heavy atom. The number of Topliss-reactive ketones (excluding diaryl/α,β-unsaturated/α-hetero) is 1. The lowest BCUT2D eigenvalue weighted by atomic mass is 9.73. The van der Waals surface area contributed by atoms with Gasteiger partial charge in [-0.25, -0.2) is 4.79 Å². The highest BCUT2D eigenvalue weighted by molar-refractivity contribution is 6.37. The predicted octanol–water partition coefficient (Wildman–Crippen LogP) is 4.04. The highest BCUT2D eigenvalue weighted by Crippen LogP contribution is 2.88. The van der Waals surface area contributed by atoms with Crippen LogP contribution < -0.4 is 21.7 Å². The summed E-state index contributed by atoms with van der Waals surface area (Å²) in [5, 5.41) is 9.39. The first-order valence-electron chi connectivity index (χ1n) is 20.9. The van der Waals surface area contributed by atoms with Crippen LogP contribution in [0.5, 0.6) is 0 Å². The Hall–Kier alpha value is -2.73. The molecule has 2 aliphatic heterocycles. The van der Waals surface area contributed by atoms with Crippen LogP contribution in [-0.4, -0.2) is 102 Å². The summed E-state index contributed by atoms with van der Waals surface area (Å²) < 4.78 is 6.08. The number of hydrogen-bond acceptors (Lipinski definition) is 7. The van der Waals surface area contributed by atoms with E-state index < -0.39 is 41.1 Å². The van der Waals surface area contributed by atoms with Gasteiger partial charge < -0.3 is 31.3 Å². The molecule has 1 unspecified atom stereocenters. The monoisotopic (exact) mass is 739 g/mol. The van der Waals surface area contributed by atoms with Crippen molar-refractivity contribution < 1.29 is 28.7 Å². The highest BCUT2D eigenvalue weighted by atomic mass is 16.5. The fraction of sp³-hybridized carbons (Fsp3) is 0.878. The van der Waals surface area contributed by atoms with E-state index in [1.165, 1.54) is 6.42 Å². The summed E-state index contributed by atoms with van der Waals surface area (Å²) >= 11 is 0. The lowest BCUT2D eigenvalue weighted by Gasteiger charge is -2.40. The van der Waals surface area contributed by atoms with E-state index >= 15 is 0 Å². The quantitative estimate of drug-likeness (QED) is 0.220. The van der Waals surface area contributed by atoms with Crippen molar-refractivity contribution in [3.8, 4) is 0 Å². The number of nitrogens with two attached hydrogens (primary N) is 1. The molecule has 7 aliphatic rings. The van der Waals surface area contributed by atoms with E-state index in [4.69, 9.17) is 10.5 Å². The van der Waals surface area contributed by atoms with Crippen molar-refractivity contribution in [2.45, 2.75) is 161 Å². The van der Waals surface area contributed by atoms with Crippen molar-refractivity contribution in [1.29, 1.82) is 0 Å². The molecule has 12 nitrogen and oxygen atoms in total. The summed E-state index contributed by atoms with van der Waals surface area (Å²) in [6.45, 7) is 14.0. The Morgan fingerprint density at radius 1 is 0.849 bits per heavy atom. The maximum Gasteiger partial charge on any atom is 0.315 e. The van der Waals surface area contributed by atoms with E-state index in [1.807, 2.05) is 20.8 Å². The number of fused-ring (bicyclic) bond motifs is 1. The molecule has 53 heavy (non-hydrogen) atoms. The second-order valence-corrected chi connectivity index (χ2v) is 19.8. The summed E-state index contributed by atoms with van der Waals surface area (Å²) in [5.41, 5.74) is 4.56. The Kier molecular flexibility index (Phi) is 10.2. The number of rotatable bonds is 12. The molecule has 0 aromatic rings. The number of amides is 5. The molecular formula is C41H66N6O6. The van der Waals surface area contributed by atoms with E-state index in [0.717, 1.165) is 96.7 Å². The van der Waals surface area contributed by atoms with E-state index in [-0.39, 0.29) is 45.7 Å². The third-order valence-corrected chi connectivity index (χ3v) is 15.6. The second kappa shape index (κ2) is 14.1. The summed E-state index contributed by atoms with van der Waals surface area (Å²) in [6, 6.07) is -3.13. The third-order valence-electron chi connectivity index (χ3n) is 15.6. The average molecular weight is 739 g/mol. The van der Waals surface area contributed by atoms with E-state index in [1.54, 1.807) is 4.90 Å². The first-order chi connectivity index (χ1) is 25.0. The van der Waals surface area contributed by atoms with Gasteiger partial charge >= 0.3 is 6.03 Å². The number of carbonyl (C=O) groups excluding carboxylic acids is 5. The molecule has 2 saturated heterocycles. The average Bonchev–Trinajstić information content (AvgIpc) is 3.81. The summed E-state index contributed by atoms with van der Waals surface area (Å²) in [6.07, 6.45) is 15.0. The number of hydrogen-bond donors (Lipinski definition) is 4. The van der Waals surface area contributed by atoms with Gasteiger partial charge in [0.1, 0.15) is 12.1 Å². The Morgan fingerprint density at radius 3 is 2.09 bits per heavy atom. The first kappa shape index (κ1) is 38.5. The minimum absolute atomic E-state index is 0.00413. The van der Waals surface area contributed by atoms with Gasteiger partial charge in [0.25, 0.3) is 5.91 Å². The molecule has 0 aromatic heterocycles. The fourth-order valence-corrected chi connectivity index (χ4v) is 11.6. The largest absolute Gasteiger partial charge is 0.372 e. The van der Waals surface area contributed by atoms with Crippen LogP contribution in [0.3, 0.4) is 0 Å². The van der Waals surface area contributed by atoms with Gasteiger partial charge in [0.05, 0.1) is 18.2 Å². The van der Waals surface area contributed by atoms with Gasteiger partial charge in [-0.1, -0.05) is 79.6 Å². The van der Waals surface area contributed by atoms with E-state index in [9.17, 15) is 24.0 Å². The molecule has 7 rings (SSSR count). The molecule has 5 amide bonds. The normalized spacial score (nSPS) is 30.5. The molecule has 5 atom stereocenters. The van der Waals surface area contributed by atoms with Crippen molar-refractivity contribution in [1.82, 2.24) is 25.8 Å². The number of ketones is 1. The topological polar surface area (TPSA) is 163 Å². The zero-order chi connectivity index (χ0) is 38.0. The molecule has 5 saturated carbocycles. The Labute approximate surface area is 316 Å². The van der Waals surface area contributed by atoms with Crippen LogP contribution in [0.15, 0.2) is 0 Å². The van der Waals surface area contributed by atoms with Crippen molar-refractivity contribution in [2.24, 2.45) is 39.2 Å². The molecular weight excluding hydrogens is 672 g/mol. The van der Waals surface area contributed by atoms with Crippen LogP contribution >= 0.6 is 0 Å². The van der Waals surface area contributed by atoms with E-state index in [2.05, 4.69) is 34.7 Å². The number of nitrogens with zero attached hydrogens (tertiary/aromatic N) is 2. The van der Waals surface area contributed by atoms with Crippen LogP contribution in [0.25, 0.3) is 0 Å². The second-order valence-electron chi connectivity index (χ2n) is 19.8. The highest BCUT2D eigenvalue weighted by Gasteiger charge is 2.85. The molecule has 5 aliphatic carbocycles. The van der Waals surface area contributed by atoms with Crippen LogP contribution in [0.4, 0.5) is 4.79 Å². The number of likely N-dealkylation sites (tertiary alicyclic amines) is 1. The SMILES string of the molecule is CC(C)(C)[C@H](NC(=O)N[C@H](CN1CCOC2(CC2)C1)C1CCCCC1)C(=O)N1C[C@]2(C[C@H]1C(=O)NC(CC1CCC1)C(=O)C(N)=O)C(C)(C)C21CCC1. The molecule has 296 valence electrons. The van der Waals surface area contributed by atoms with Gasteiger partial charge in [-0.05, 0) is 79.4 Å². The standard InChI is InChI=1S/C41H66N6O6/c1-37(2,3)32(45-36(52)44-29(27-13-7-6-8-14-27)23-46-19-20-53-39(24-46)17-18-39)35(51)47-25-41(38(4,5)40(41)15-10-16-40)22-30(47)34(50)43-28(31(48)33(42)49)21-26-11-9-12-26/h26-30,32H,6-25H2,1-5H3,(H2,42,49)(H,43,50)(H2,44,45,52)/t28?,29-,30+,32-,41-/m1/s1. The zero-order valence-corrected chi connectivity index (χ0v) is 33.0. The predicted molar refractivity (Wildman–Crippen MR) is 200 cm³/mol. The lowest BCUT2D eigenvalue weighted by Crippen LogP contribution is -2.61. The minimum atomic E-state index is -1.06. The molecule has 0 bridgehead atoms. The van der Waals surface area contributed by atoms with Crippen LogP contribution in [-0.2, 0) is 23.9 Å². The van der Waals surface area contributed by atoms with Crippen molar-refractivity contribution in [2.75, 3.05) is 32.8 Å². The molecule has 0 aromatic carbocycles. The van der Waals surface area contributed by atoms with Crippen LogP contribution in [0, 0.1) is 33.5 Å². The minimum Gasteiger partial charge on any atom is -0.372 e. The summed E-state index contributed by atoms with van der Waals surface area (Å²) in [7, 11) is 0. The fourth-order valence-electron chi connectivity index (χ4n) is 11.6. The number of urea groups is 1. The summed E-state index contributed by atoms with van der Waals surface area (Å²) in [5.74, 6) is -1.93. The Balaban J connectivity index is 1.10. The van der Waals surface area contributed by atoms with Crippen molar-refractivity contribution in [3.05, 3.63) is 0 Å².